The standard InChI is InChI=1S/C9H19NO4/c1-9(2,4-5-11)10-7(6-14-3)8(12)13/h7,10-11H,4-6H2,1-3H3,(H,12,13). The van der Waals surface area contributed by atoms with Crippen LogP contribution in [0.1, 0.15) is 20.3 Å². The number of carboxylic acid groups (broad SMARTS) is 1. The van der Waals surface area contributed by atoms with Gasteiger partial charge in [-0.1, -0.05) is 0 Å². The Balaban J connectivity index is 4.20. The van der Waals surface area contributed by atoms with Crippen LogP contribution in [-0.2, 0) is 9.53 Å². The van der Waals surface area contributed by atoms with Gasteiger partial charge in [0.25, 0.3) is 0 Å². The van der Waals surface area contributed by atoms with Crippen LogP contribution in [0.15, 0.2) is 0 Å². The Kier molecular flexibility index (Phi) is 5.68. The van der Waals surface area contributed by atoms with Gasteiger partial charge in [0.15, 0.2) is 0 Å². The van der Waals surface area contributed by atoms with Crippen LogP contribution in [0.4, 0.5) is 0 Å². The van der Waals surface area contributed by atoms with E-state index in [1.165, 1.54) is 7.11 Å². The maximum absolute atomic E-state index is 10.8. The second-order valence-corrected chi connectivity index (χ2v) is 3.85. The molecule has 14 heavy (non-hydrogen) atoms. The lowest BCUT2D eigenvalue weighted by molar-refractivity contribution is -0.141. The van der Waals surface area contributed by atoms with Crippen molar-refractivity contribution in [3.8, 4) is 0 Å². The van der Waals surface area contributed by atoms with E-state index in [0.29, 0.717) is 6.42 Å². The van der Waals surface area contributed by atoms with Crippen LogP contribution in [-0.4, -0.2) is 48.1 Å². The van der Waals surface area contributed by atoms with E-state index in [9.17, 15) is 4.79 Å². The number of rotatable bonds is 7. The van der Waals surface area contributed by atoms with Crippen LogP contribution in [0, 0.1) is 0 Å². The predicted molar refractivity (Wildman–Crippen MR) is 52.2 cm³/mol. The lowest BCUT2D eigenvalue weighted by Crippen LogP contribution is -2.51. The zero-order valence-corrected chi connectivity index (χ0v) is 8.91. The third-order valence-electron chi connectivity index (χ3n) is 1.93. The molecule has 1 atom stereocenters. The summed E-state index contributed by atoms with van der Waals surface area (Å²) in [5.41, 5.74) is -0.406. The minimum absolute atomic E-state index is 0.0271. The summed E-state index contributed by atoms with van der Waals surface area (Å²) in [5, 5.41) is 20.5. The van der Waals surface area contributed by atoms with Crippen molar-refractivity contribution in [2.75, 3.05) is 20.3 Å². The molecule has 0 radical (unpaired) electrons. The summed E-state index contributed by atoms with van der Waals surface area (Å²) in [5.74, 6) is -0.946. The van der Waals surface area contributed by atoms with Gasteiger partial charge >= 0.3 is 5.97 Å². The summed E-state index contributed by atoms with van der Waals surface area (Å²) in [6.45, 7) is 3.83. The highest BCUT2D eigenvalue weighted by molar-refractivity contribution is 5.73. The Bertz CT molecular complexity index is 182. The Morgan fingerprint density at radius 3 is 2.50 bits per heavy atom. The number of methoxy groups -OCH3 is 1. The van der Waals surface area contributed by atoms with Crippen molar-refractivity contribution in [2.45, 2.75) is 31.8 Å². The molecule has 0 saturated carbocycles. The van der Waals surface area contributed by atoms with Crippen LogP contribution in [0.5, 0.6) is 0 Å². The fourth-order valence-electron chi connectivity index (χ4n) is 1.16. The second kappa shape index (κ2) is 5.95. The van der Waals surface area contributed by atoms with Crippen molar-refractivity contribution in [3.05, 3.63) is 0 Å². The molecule has 0 bridgehead atoms. The van der Waals surface area contributed by atoms with Crippen molar-refractivity contribution >= 4 is 5.97 Å². The first-order valence-electron chi connectivity index (χ1n) is 4.53. The van der Waals surface area contributed by atoms with E-state index in [0.717, 1.165) is 0 Å². The average molecular weight is 205 g/mol. The van der Waals surface area contributed by atoms with Crippen LogP contribution in [0.3, 0.4) is 0 Å². The van der Waals surface area contributed by atoms with Gasteiger partial charge in [0.2, 0.25) is 0 Å². The van der Waals surface area contributed by atoms with E-state index in [4.69, 9.17) is 14.9 Å². The van der Waals surface area contributed by atoms with Crippen molar-refractivity contribution < 1.29 is 19.7 Å². The molecule has 0 aliphatic heterocycles. The molecule has 0 aliphatic carbocycles. The SMILES string of the molecule is COCC(NC(C)(C)CCO)C(=O)O. The molecule has 5 heteroatoms. The molecular weight excluding hydrogens is 186 g/mol. The monoisotopic (exact) mass is 205 g/mol. The average Bonchev–Trinajstić information content (AvgIpc) is 2.02. The molecule has 0 aliphatic rings. The third-order valence-corrected chi connectivity index (χ3v) is 1.93. The molecular formula is C9H19NO4. The van der Waals surface area contributed by atoms with Gasteiger partial charge in [0.1, 0.15) is 6.04 Å². The Morgan fingerprint density at radius 2 is 2.14 bits per heavy atom. The van der Waals surface area contributed by atoms with E-state index < -0.39 is 17.6 Å². The Labute approximate surface area is 84.1 Å². The highest BCUT2D eigenvalue weighted by atomic mass is 16.5. The first kappa shape index (κ1) is 13.4. The first-order chi connectivity index (χ1) is 6.43. The highest BCUT2D eigenvalue weighted by Gasteiger charge is 2.25. The molecule has 5 nitrogen and oxygen atoms in total. The molecule has 0 aromatic carbocycles. The summed E-state index contributed by atoms with van der Waals surface area (Å²) in [6.07, 6.45) is 0.500. The summed E-state index contributed by atoms with van der Waals surface area (Å²) < 4.78 is 4.78. The summed E-state index contributed by atoms with van der Waals surface area (Å²) in [7, 11) is 1.46. The van der Waals surface area contributed by atoms with Gasteiger partial charge in [-0.05, 0) is 20.3 Å². The van der Waals surface area contributed by atoms with Crippen LogP contribution in [0.2, 0.25) is 0 Å². The van der Waals surface area contributed by atoms with Crippen molar-refractivity contribution in [3.63, 3.8) is 0 Å². The van der Waals surface area contributed by atoms with Gasteiger partial charge in [-0.25, -0.2) is 0 Å². The first-order valence-corrected chi connectivity index (χ1v) is 4.53. The number of hydrogen-bond donors (Lipinski definition) is 3. The molecule has 3 N–H and O–H groups in total. The van der Waals surface area contributed by atoms with Crippen LogP contribution < -0.4 is 5.32 Å². The number of carboxylic acids is 1. The van der Waals surface area contributed by atoms with Gasteiger partial charge < -0.3 is 14.9 Å². The molecule has 0 amide bonds. The summed E-state index contributed by atoms with van der Waals surface area (Å²) in [4.78, 5) is 10.8. The number of aliphatic carboxylic acids is 1. The van der Waals surface area contributed by atoms with Crippen molar-refractivity contribution in [1.29, 1.82) is 0 Å². The summed E-state index contributed by atoms with van der Waals surface area (Å²) >= 11 is 0. The quantitative estimate of drug-likeness (QED) is 0.538. The Morgan fingerprint density at radius 1 is 1.57 bits per heavy atom. The zero-order chi connectivity index (χ0) is 11.2. The number of aliphatic hydroxyl groups excluding tert-OH is 1. The molecule has 0 aromatic rings. The molecule has 0 aromatic heterocycles. The predicted octanol–water partition coefficient (Wildman–Crippen LogP) is -0.163. The molecule has 0 rings (SSSR count). The van der Waals surface area contributed by atoms with Gasteiger partial charge in [0.05, 0.1) is 6.61 Å². The smallest absolute Gasteiger partial charge is 0.323 e. The zero-order valence-electron chi connectivity index (χ0n) is 8.91. The van der Waals surface area contributed by atoms with E-state index in [2.05, 4.69) is 5.32 Å². The Hall–Kier alpha value is -0.650. The van der Waals surface area contributed by atoms with E-state index in [1.54, 1.807) is 0 Å². The van der Waals surface area contributed by atoms with Gasteiger partial charge in [0, 0.05) is 19.3 Å². The number of hydrogen-bond acceptors (Lipinski definition) is 4. The van der Waals surface area contributed by atoms with Gasteiger partial charge in [-0.15, -0.1) is 0 Å². The molecule has 0 spiro atoms. The molecule has 1 unspecified atom stereocenters. The van der Waals surface area contributed by atoms with Gasteiger partial charge in [-0.2, -0.15) is 0 Å². The topological polar surface area (TPSA) is 78.8 Å². The number of carbonyl (C=O) groups is 1. The van der Waals surface area contributed by atoms with Crippen molar-refractivity contribution in [1.82, 2.24) is 5.32 Å². The fourth-order valence-corrected chi connectivity index (χ4v) is 1.16. The van der Waals surface area contributed by atoms with Crippen molar-refractivity contribution in [2.24, 2.45) is 0 Å². The third kappa shape index (κ3) is 5.16. The maximum atomic E-state index is 10.8. The van der Waals surface area contributed by atoms with Crippen LogP contribution >= 0.6 is 0 Å². The van der Waals surface area contributed by atoms with E-state index >= 15 is 0 Å². The highest BCUT2D eigenvalue weighted by Crippen LogP contribution is 2.08. The minimum Gasteiger partial charge on any atom is -0.480 e. The second-order valence-electron chi connectivity index (χ2n) is 3.85. The molecule has 84 valence electrons. The largest absolute Gasteiger partial charge is 0.480 e. The van der Waals surface area contributed by atoms with Gasteiger partial charge in [-0.3, -0.25) is 10.1 Å². The normalized spacial score (nSPS) is 14.0. The number of nitrogens with one attached hydrogen (secondary N) is 1. The lowest BCUT2D eigenvalue weighted by Gasteiger charge is -2.29. The number of ether oxygens (including phenoxy) is 1. The number of aliphatic hydroxyl groups is 1. The van der Waals surface area contributed by atoms with E-state index in [1.807, 2.05) is 13.8 Å². The minimum atomic E-state index is -0.946. The summed E-state index contributed by atoms with van der Waals surface area (Å²) in [6, 6.07) is -0.735. The lowest BCUT2D eigenvalue weighted by atomic mass is 10.00. The van der Waals surface area contributed by atoms with E-state index in [-0.39, 0.29) is 13.2 Å². The molecule has 0 fully saturated rings. The molecule has 0 heterocycles. The fraction of sp³-hybridized carbons (Fsp3) is 0.889. The van der Waals surface area contributed by atoms with Crippen LogP contribution in [0.25, 0.3) is 0 Å². The maximum Gasteiger partial charge on any atom is 0.323 e. The molecule has 0 saturated heterocycles.